The number of rotatable bonds is 10. The summed E-state index contributed by atoms with van der Waals surface area (Å²) in [4.78, 5) is 38.4. The molecule has 0 saturated heterocycles. The molecule has 1 aromatic heterocycles. The zero-order valence-corrected chi connectivity index (χ0v) is 16.1. The zero-order chi connectivity index (χ0) is 20.3. The van der Waals surface area contributed by atoms with E-state index in [1.165, 1.54) is 11.3 Å². The lowest BCUT2D eigenvalue weighted by Gasteiger charge is -2.23. The van der Waals surface area contributed by atoms with Crippen LogP contribution in [0, 0.1) is 10.1 Å². The zero-order valence-electron chi connectivity index (χ0n) is 15.3. The molecule has 0 unspecified atom stereocenters. The minimum absolute atomic E-state index is 0.0174. The molecule has 0 aliphatic carbocycles. The van der Waals surface area contributed by atoms with Crippen molar-refractivity contribution in [1.82, 2.24) is 15.6 Å². The molecule has 1 heterocycles. The van der Waals surface area contributed by atoms with Crippen LogP contribution in [0.25, 0.3) is 0 Å². The first kappa shape index (κ1) is 22.4. The van der Waals surface area contributed by atoms with E-state index in [4.69, 9.17) is 4.74 Å². The Balaban J connectivity index is 2.52. The van der Waals surface area contributed by atoms with Gasteiger partial charge in [-0.05, 0) is 40.2 Å². The summed E-state index contributed by atoms with van der Waals surface area (Å²) < 4.78 is 5.19. The van der Waals surface area contributed by atoms with E-state index in [0.717, 1.165) is 0 Å². The lowest BCUT2D eigenvalue weighted by molar-refractivity contribution is -0.494. The topological polar surface area (TPSA) is 160 Å². The van der Waals surface area contributed by atoms with Gasteiger partial charge < -0.3 is 25.5 Å². The summed E-state index contributed by atoms with van der Waals surface area (Å²) >= 11 is 1.26. The van der Waals surface area contributed by atoms with Gasteiger partial charge in [-0.2, -0.15) is 0 Å². The number of thiazole rings is 1. The summed E-state index contributed by atoms with van der Waals surface area (Å²) in [7, 11) is 0. The van der Waals surface area contributed by atoms with Gasteiger partial charge in [0.2, 0.25) is 12.6 Å². The van der Waals surface area contributed by atoms with Crippen LogP contribution in [0.1, 0.15) is 33.6 Å². The number of anilines is 1. The Labute approximate surface area is 159 Å². The number of nitrogens with one attached hydrogen (secondary N) is 3. The van der Waals surface area contributed by atoms with Gasteiger partial charge in [-0.1, -0.05) is 0 Å². The van der Waals surface area contributed by atoms with Crippen molar-refractivity contribution >= 4 is 28.5 Å². The smallest absolute Gasteiger partial charge is 0.408 e. The Bertz CT molecular complexity index is 645. The number of carbonyl (C=O) groups is 2. The van der Waals surface area contributed by atoms with Gasteiger partial charge in [0.25, 0.3) is 0 Å². The van der Waals surface area contributed by atoms with Crippen LogP contribution < -0.4 is 16.0 Å². The molecule has 0 aliphatic heterocycles. The van der Waals surface area contributed by atoms with Crippen molar-refractivity contribution in [2.24, 2.45) is 10.3 Å². The second-order valence-electron chi connectivity index (χ2n) is 6.29. The first-order valence-electron chi connectivity index (χ1n) is 8.10. The van der Waals surface area contributed by atoms with E-state index in [9.17, 15) is 19.7 Å². The predicted molar refractivity (Wildman–Crippen MR) is 97.9 cm³/mol. The second-order valence-corrected chi connectivity index (χ2v) is 7.19. The molecule has 0 aromatic carbocycles. The molecule has 0 saturated carbocycles. The maximum atomic E-state index is 12.4. The molecular weight excluding hydrogens is 378 g/mol. The normalized spacial score (nSPS) is 12.6. The average Bonchev–Trinajstić information content (AvgIpc) is 3.03. The Morgan fingerprint density at radius 1 is 1.44 bits per heavy atom. The Kier molecular flexibility index (Phi) is 9.22. The molecule has 1 atom stereocenters. The molecule has 1 aromatic rings. The first-order valence-corrected chi connectivity index (χ1v) is 8.98. The van der Waals surface area contributed by atoms with Gasteiger partial charge in [0.15, 0.2) is 10.4 Å². The van der Waals surface area contributed by atoms with Crippen LogP contribution in [-0.4, -0.2) is 46.9 Å². The van der Waals surface area contributed by atoms with Crippen LogP contribution >= 0.6 is 11.3 Å². The maximum Gasteiger partial charge on any atom is 0.408 e. The van der Waals surface area contributed by atoms with E-state index in [1.54, 1.807) is 32.3 Å². The summed E-state index contributed by atoms with van der Waals surface area (Å²) in [5.41, 5.74) is -0.690. The minimum Gasteiger partial charge on any atom is -0.444 e. The van der Waals surface area contributed by atoms with Gasteiger partial charge in [0.05, 0.1) is 10.1 Å². The molecule has 27 heavy (non-hydrogen) atoms. The molecule has 0 fully saturated rings. The van der Waals surface area contributed by atoms with E-state index in [0.29, 0.717) is 24.5 Å². The predicted octanol–water partition coefficient (Wildman–Crippen LogP) is 1.95. The molecular formula is C14H23N7O5S. The number of carbonyl (C=O) groups excluding carboxylic acids is 2. The quantitative estimate of drug-likeness (QED) is 0.234. The van der Waals surface area contributed by atoms with Crippen LogP contribution in [0.3, 0.4) is 0 Å². The molecule has 1 rings (SSSR count). The van der Waals surface area contributed by atoms with E-state index >= 15 is 0 Å². The maximum absolute atomic E-state index is 12.4. The van der Waals surface area contributed by atoms with Gasteiger partial charge in [-0.25, -0.2) is 9.78 Å². The summed E-state index contributed by atoms with van der Waals surface area (Å²) in [5.74, 6) is -0.413. The number of hydrogen-bond acceptors (Lipinski definition) is 9. The number of alkyl carbamates (subject to hydrolysis) is 1. The van der Waals surface area contributed by atoms with Crippen LogP contribution in [0.4, 0.5) is 9.93 Å². The van der Waals surface area contributed by atoms with Crippen LogP contribution in [-0.2, 0) is 9.53 Å². The molecule has 0 bridgehead atoms. The third-order valence-electron chi connectivity index (χ3n) is 2.84. The summed E-state index contributed by atoms with van der Waals surface area (Å²) in [6, 6.07) is -0.828. The standard InChI is InChI=1S/C14H23N7O5S/c1-14(2,3)26-13(23)18-10(11(22)19-12-16-7-8-27-12)5-4-6-15-9-17-20-21(24)25/h7-8,10,15H,4-6,9H2,1-3H3,(H,18,23)(H,16,19,22)/b20-17+/t10-/m0/s1. The molecule has 3 N–H and O–H groups in total. The van der Waals surface area contributed by atoms with Crippen molar-refractivity contribution in [3.8, 4) is 0 Å². The molecule has 0 aliphatic rings. The fourth-order valence-corrected chi connectivity index (χ4v) is 2.37. The number of amides is 2. The highest BCUT2D eigenvalue weighted by molar-refractivity contribution is 7.13. The van der Waals surface area contributed by atoms with Crippen molar-refractivity contribution in [3.63, 3.8) is 0 Å². The number of ether oxygens (including phenoxy) is 1. The van der Waals surface area contributed by atoms with Crippen LogP contribution in [0.15, 0.2) is 21.9 Å². The van der Waals surface area contributed by atoms with Crippen molar-refractivity contribution in [2.45, 2.75) is 45.3 Å². The molecule has 13 heteroatoms. The fraction of sp³-hybridized carbons (Fsp3) is 0.643. The van der Waals surface area contributed by atoms with Gasteiger partial charge in [-0.3, -0.25) is 10.1 Å². The largest absolute Gasteiger partial charge is 0.444 e. The van der Waals surface area contributed by atoms with Gasteiger partial charge in [0, 0.05) is 11.6 Å². The van der Waals surface area contributed by atoms with Crippen LogP contribution in [0.5, 0.6) is 0 Å². The highest BCUT2D eigenvalue weighted by Gasteiger charge is 2.24. The molecule has 150 valence electrons. The van der Waals surface area contributed by atoms with Crippen LogP contribution in [0.2, 0.25) is 0 Å². The van der Waals surface area contributed by atoms with Crippen molar-refractivity contribution < 1.29 is 19.4 Å². The Morgan fingerprint density at radius 3 is 2.78 bits per heavy atom. The molecule has 12 nitrogen and oxygen atoms in total. The van der Waals surface area contributed by atoms with Crippen molar-refractivity contribution in [3.05, 3.63) is 21.7 Å². The molecule has 0 radical (unpaired) electrons. The Hall–Kier alpha value is -2.67. The minimum atomic E-state index is -0.897. The lowest BCUT2D eigenvalue weighted by atomic mass is 10.1. The third kappa shape index (κ3) is 10.8. The number of hydrogen-bond donors (Lipinski definition) is 3. The van der Waals surface area contributed by atoms with E-state index in [2.05, 4.69) is 31.3 Å². The molecule has 0 spiro atoms. The summed E-state index contributed by atoms with van der Waals surface area (Å²) in [5, 5.41) is 25.3. The highest BCUT2D eigenvalue weighted by atomic mass is 32.1. The monoisotopic (exact) mass is 401 g/mol. The summed E-state index contributed by atoms with van der Waals surface area (Å²) in [6.07, 6.45) is 1.67. The average molecular weight is 401 g/mol. The van der Waals surface area contributed by atoms with Crippen molar-refractivity contribution in [2.75, 3.05) is 18.5 Å². The van der Waals surface area contributed by atoms with Crippen molar-refractivity contribution in [1.29, 1.82) is 0 Å². The number of nitro groups is 1. The SMILES string of the molecule is CC(C)(C)OC(=O)N[C@@H](CCCNC/N=N/[N+](=O)[O-])C(=O)Nc1nccs1. The van der Waals surface area contributed by atoms with Gasteiger partial charge in [-0.15, -0.1) is 11.3 Å². The van der Waals surface area contributed by atoms with E-state index in [1.807, 2.05) is 0 Å². The fourth-order valence-electron chi connectivity index (χ4n) is 1.84. The lowest BCUT2D eigenvalue weighted by Crippen LogP contribution is -2.46. The Morgan fingerprint density at radius 2 is 2.19 bits per heavy atom. The number of nitrogens with zero attached hydrogens (tertiary/aromatic N) is 4. The second kappa shape index (κ2) is 11.1. The van der Waals surface area contributed by atoms with Gasteiger partial charge in [0.1, 0.15) is 11.6 Å². The van der Waals surface area contributed by atoms with Gasteiger partial charge >= 0.3 is 6.09 Å². The van der Waals surface area contributed by atoms with E-state index in [-0.39, 0.29) is 6.67 Å². The molecule has 2 amide bonds. The van der Waals surface area contributed by atoms with E-state index < -0.39 is 28.7 Å². The highest BCUT2D eigenvalue weighted by Crippen LogP contribution is 2.12. The third-order valence-corrected chi connectivity index (χ3v) is 3.52. The summed E-state index contributed by atoms with van der Waals surface area (Å²) in [6.45, 7) is 5.58. The first-order chi connectivity index (χ1) is 12.7. The number of aromatic nitrogens is 1.